The van der Waals surface area contributed by atoms with E-state index < -0.39 is 5.41 Å². The third kappa shape index (κ3) is 5.00. The van der Waals surface area contributed by atoms with Gasteiger partial charge in [-0.2, -0.15) is 0 Å². The van der Waals surface area contributed by atoms with Gasteiger partial charge in [-0.05, 0) is 109 Å². The molecule has 0 aliphatic heterocycles. The number of benzene rings is 10. The minimum absolute atomic E-state index is 0.503. The molecule has 12 rings (SSSR count). The van der Waals surface area contributed by atoms with Gasteiger partial charge in [-0.3, -0.25) is 0 Å². The van der Waals surface area contributed by atoms with Gasteiger partial charge in [0.05, 0.1) is 5.41 Å². The predicted molar refractivity (Wildman–Crippen MR) is 246 cm³/mol. The number of anilines is 3. The van der Waals surface area contributed by atoms with E-state index in [0.717, 1.165) is 44.4 Å². The molecule has 1 heterocycles. The fourth-order valence-corrected chi connectivity index (χ4v) is 10.0. The van der Waals surface area contributed by atoms with Crippen LogP contribution >= 0.6 is 0 Å². The Morgan fingerprint density at radius 1 is 0.322 bits per heavy atom. The highest BCUT2D eigenvalue weighted by molar-refractivity contribution is 6.21. The van der Waals surface area contributed by atoms with Crippen LogP contribution in [0.25, 0.3) is 65.7 Å². The van der Waals surface area contributed by atoms with E-state index in [4.69, 9.17) is 4.42 Å². The number of furan rings is 1. The summed E-state index contributed by atoms with van der Waals surface area (Å²) in [6.45, 7) is 0. The lowest BCUT2D eigenvalue weighted by Crippen LogP contribution is -2.28. The maximum atomic E-state index is 6.79. The third-order valence-electron chi connectivity index (χ3n) is 12.5. The van der Waals surface area contributed by atoms with Crippen LogP contribution in [0.4, 0.5) is 17.1 Å². The number of para-hydroxylation sites is 1. The first kappa shape index (κ1) is 33.5. The van der Waals surface area contributed by atoms with Crippen LogP contribution in [0, 0.1) is 0 Å². The first-order valence-corrected chi connectivity index (χ1v) is 20.3. The number of hydrogen-bond acceptors (Lipinski definition) is 2. The summed E-state index contributed by atoms with van der Waals surface area (Å²) in [6.07, 6.45) is 0. The molecule has 0 amide bonds. The van der Waals surface area contributed by atoms with Crippen LogP contribution in [0.5, 0.6) is 0 Å². The van der Waals surface area contributed by atoms with Crippen LogP contribution in [0.1, 0.15) is 22.3 Å². The van der Waals surface area contributed by atoms with Gasteiger partial charge in [0.1, 0.15) is 11.2 Å². The Labute approximate surface area is 342 Å². The molecule has 11 aromatic rings. The molecule has 0 atom stereocenters. The van der Waals surface area contributed by atoms with Gasteiger partial charge in [0.2, 0.25) is 0 Å². The predicted octanol–water partition coefficient (Wildman–Crippen LogP) is 15.4. The molecule has 2 heteroatoms. The van der Waals surface area contributed by atoms with Gasteiger partial charge in [-0.1, -0.05) is 176 Å². The summed E-state index contributed by atoms with van der Waals surface area (Å²) in [5, 5.41) is 6.95. The third-order valence-corrected chi connectivity index (χ3v) is 12.5. The maximum Gasteiger partial charge on any atom is 0.143 e. The Morgan fingerprint density at radius 2 is 0.898 bits per heavy atom. The van der Waals surface area contributed by atoms with Crippen molar-refractivity contribution in [3.05, 3.63) is 247 Å². The summed E-state index contributed by atoms with van der Waals surface area (Å²) >= 11 is 0. The van der Waals surface area contributed by atoms with Gasteiger partial charge in [0.25, 0.3) is 0 Å². The molecule has 59 heavy (non-hydrogen) atoms. The summed E-state index contributed by atoms with van der Waals surface area (Å²) in [5.74, 6) is 0. The van der Waals surface area contributed by atoms with E-state index in [2.05, 4.69) is 229 Å². The highest BCUT2D eigenvalue weighted by atomic mass is 16.3. The van der Waals surface area contributed by atoms with Gasteiger partial charge in [0.15, 0.2) is 0 Å². The monoisotopic (exact) mass is 751 g/mol. The standard InChI is InChI=1S/C57H37NO/c1-4-19-39(20-5-1)57(40-21-6-2-7-22-40)53-30-15-14-27-47(53)48-33-31-43(36-54(48)57)58(41-23-8-3-9-24-41)42-32-34-55-51(35-42)52-37-50(46-26-12-13-28-49(46)56(52)59-55)45-29-16-18-38-17-10-11-25-44(38)45/h1-37H. The normalized spacial score (nSPS) is 12.9. The molecule has 0 radical (unpaired) electrons. The Kier molecular flexibility index (Phi) is 7.48. The smallest absolute Gasteiger partial charge is 0.143 e. The van der Waals surface area contributed by atoms with Crippen molar-refractivity contribution in [2.45, 2.75) is 5.41 Å². The van der Waals surface area contributed by atoms with Crippen LogP contribution < -0.4 is 4.90 Å². The van der Waals surface area contributed by atoms with Gasteiger partial charge < -0.3 is 9.32 Å². The lowest BCUT2D eigenvalue weighted by atomic mass is 9.67. The lowest BCUT2D eigenvalue weighted by Gasteiger charge is -2.35. The van der Waals surface area contributed by atoms with Crippen molar-refractivity contribution in [2.24, 2.45) is 0 Å². The first-order chi connectivity index (χ1) is 29.3. The van der Waals surface area contributed by atoms with Gasteiger partial charge in [-0.15, -0.1) is 0 Å². The Morgan fingerprint density at radius 3 is 1.68 bits per heavy atom. The molecule has 0 saturated carbocycles. The first-order valence-electron chi connectivity index (χ1n) is 20.3. The highest BCUT2D eigenvalue weighted by Crippen LogP contribution is 2.57. The second-order valence-corrected chi connectivity index (χ2v) is 15.6. The molecule has 1 aromatic heterocycles. The minimum atomic E-state index is -0.503. The molecule has 1 aliphatic rings. The summed E-state index contributed by atoms with van der Waals surface area (Å²) in [5.41, 5.74) is 14.5. The van der Waals surface area contributed by atoms with Crippen molar-refractivity contribution in [2.75, 3.05) is 4.90 Å². The van der Waals surface area contributed by atoms with E-state index in [1.165, 1.54) is 60.7 Å². The van der Waals surface area contributed by atoms with Gasteiger partial charge in [-0.25, -0.2) is 0 Å². The maximum absolute atomic E-state index is 6.79. The molecule has 0 bridgehead atoms. The van der Waals surface area contributed by atoms with Crippen LogP contribution in [0.3, 0.4) is 0 Å². The summed E-state index contributed by atoms with van der Waals surface area (Å²) in [7, 11) is 0. The van der Waals surface area contributed by atoms with Crippen molar-refractivity contribution < 1.29 is 4.42 Å². The fourth-order valence-electron chi connectivity index (χ4n) is 10.0. The van der Waals surface area contributed by atoms with Crippen LogP contribution in [-0.2, 0) is 5.41 Å². The van der Waals surface area contributed by atoms with E-state index in [9.17, 15) is 0 Å². The summed E-state index contributed by atoms with van der Waals surface area (Å²) < 4.78 is 6.79. The van der Waals surface area contributed by atoms with E-state index in [1.807, 2.05) is 0 Å². The zero-order chi connectivity index (χ0) is 38.9. The molecule has 276 valence electrons. The van der Waals surface area contributed by atoms with Crippen molar-refractivity contribution in [1.29, 1.82) is 0 Å². The quantitative estimate of drug-likeness (QED) is 0.168. The van der Waals surface area contributed by atoms with E-state index in [-0.39, 0.29) is 0 Å². The summed E-state index contributed by atoms with van der Waals surface area (Å²) in [4.78, 5) is 2.40. The molecular formula is C57H37NO. The molecule has 0 fully saturated rings. The topological polar surface area (TPSA) is 16.4 Å². The van der Waals surface area contributed by atoms with Gasteiger partial charge in [0, 0.05) is 33.2 Å². The van der Waals surface area contributed by atoms with Crippen LogP contribution in [0.2, 0.25) is 0 Å². The second kappa shape index (κ2) is 13.2. The molecule has 0 saturated heterocycles. The number of fused-ring (bicyclic) bond motifs is 9. The average Bonchev–Trinajstić information content (AvgIpc) is 3.83. The summed E-state index contributed by atoms with van der Waals surface area (Å²) in [6, 6.07) is 81.7. The largest absolute Gasteiger partial charge is 0.455 e. The van der Waals surface area contributed by atoms with E-state index in [1.54, 1.807) is 0 Å². The second-order valence-electron chi connectivity index (χ2n) is 15.6. The Bertz CT molecular complexity index is 3340. The zero-order valence-corrected chi connectivity index (χ0v) is 32.2. The van der Waals surface area contributed by atoms with E-state index in [0.29, 0.717) is 0 Å². The molecule has 10 aromatic carbocycles. The molecule has 0 N–H and O–H groups in total. The van der Waals surface area contributed by atoms with Crippen molar-refractivity contribution in [3.63, 3.8) is 0 Å². The number of nitrogens with zero attached hydrogens (tertiary/aromatic N) is 1. The van der Waals surface area contributed by atoms with Crippen LogP contribution in [-0.4, -0.2) is 0 Å². The zero-order valence-electron chi connectivity index (χ0n) is 32.2. The molecule has 2 nitrogen and oxygen atoms in total. The lowest BCUT2D eigenvalue weighted by molar-refractivity contribution is 0.672. The Balaban J connectivity index is 1.10. The van der Waals surface area contributed by atoms with Gasteiger partial charge >= 0.3 is 0 Å². The fraction of sp³-hybridized carbons (Fsp3) is 0.0175. The van der Waals surface area contributed by atoms with Crippen molar-refractivity contribution in [3.8, 4) is 22.3 Å². The number of hydrogen-bond donors (Lipinski definition) is 0. The SMILES string of the molecule is c1ccc(N(c2ccc3c(c2)C(c2ccccc2)(c2ccccc2)c2ccccc2-3)c2ccc3oc4c5ccccc5c(-c5cccc6ccccc56)cc4c3c2)cc1. The molecule has 1 aliphatic carbocycles. The Hall–Kier alpha value is -7.68. The molecule has 0 spiro atoms. The van der Waals surface area contributed by atoms with Crippen molar-refractivity contribution in [1.82, 2.24) is 0 Å². The molecular weight excluding hydrogens is 715 g/mol. The van der Waals surface area contributed by atoms with Crippen molar-refractivity contribution >= 4 is 60.5 Å². The van der Waals surface area contributed by atoms with E-state index >= 15 is 0 Å². The highest BCUT2D eigenvalue weighted by Gasteiger charge is 2.46. The minimum Gasteiger partial charge on any atom is -0.455 e. The van der Waals surface area contributed by atoms with Crippen LogP contribution in [0.15, 0.2) is 229 Å². The number of rotatable bonds is 6. The molecule has 0 unspecified atom stereocenters. The average molecular weight is 752 g/mol.